The zero-order valence-electron chi connectivity index (χ0n) is 7.63. The number of aliphatic carboxylic acids is 1. The lowest BCUT2D eigenvalue weighted by Crippen LogP contribution is -2.23. The molecule has 0 saturated heterocycles. The van der Waals surface area contributed by atoms with Gasteiger partial charge in [0.15, 0.2) is 11.9 Å². The molecule has 0 aliphatic carbocycles. The highest BCUT2D eigenvalue weighted by atomic mass is 79.9. The SMILES string of the molecule is CC(Oc1c(Cl)cc(Cl)cc1Br)C(=O)O. The summed E-state index contributed by atoms with van der Waals surface area (Å²) in [7, 11) is 0. The van der Waals surface area contributed by atoms with E-state index in [2.05, 4.69) is 15.9 Å². The van der Waals surface area contributed by atoms with Crippen molar-refractivity contribution in [3.63, 3.8) is 0 Å². The van der Waals surface area contributed by atoms with Gasteiger partial charge in [-0.2, -0.15) is 0 Å². The first kappa shape index (κ1) is 12.6. The molecule has 1 rings (SSSR count). The summed E-state index contributed by atoms with van der Waals surface area (Å²) in [5.74, 6) is -0.788. The monoisotopic (exact) mass is 312 g/mol. The van der Waals surface area contributed by atoms with E-state index in [9.17, 15) is 4.79 Å². The number of carbonyl (C=O) groups is 1. The lowest BCUT2D eigenvalue weighted by atomic mass is 10.3. The number of halogens is 3. The molecule has 82 valence electrons. The van der Waals surface area contributed by atoms with Gasteiger partial charge in [-0.25, -0.2) is 4.79 Å². The molecular formula is C9H7BrCl2O3. The lowest BCUT2D eigenvalue weighted by Gasteiger charge is -2.13. The lowest BCUT2D eigenvalue weighted by molar-refractivity contribution is -0.144. The van der Waals surface area contributed by atoms with Gasteiger partial charge in [-0.3, -0.25) is 0 Å². The predicted molar refractivity (Wildman–Crippen MR) is 61.9 cm³/mol. The van der Waals surface area contributed by atoms with Crippen LogP contribution in [0.5, 0.6) is 5.75 Å². The molecule has 0 aromatic heterocycles. The molecule has 1 N–H and O–H groups in total. The molecular weight excluding hydrogens is 307 g/mol. The Balaban J connectivity index is 3.00. The summed E-state index contributed by atoms with van der Waals surface area (Å²) in [5, 5.41) is 9.38. The highest BCUT2D eigenvalue weighted by molar-refractivity contribution is 9.10. The van der Waals surface area contributed by atoms with E-state index in [0.29, 0.717) is 9.50 Å². The Hall–Kier alpha value is -0.450. The number of hydrogen-bond acceptors (Lipinski definition) is 2. The van der Waals surface area contributed by atoms with Crippen LogP contribution in [0.2, 0.25) is 10.0 Å². The molecule has 0 amide bonds. The molecule has 1 aromatic rings. The molecule has 1 atom stereocenters. The quantitative estimate of drug-likeness (QED) is 0.927. The van der Waals surface area contributed by atoms with Crippen molar-refractivity contribution >= 4 is 45.1 Å². The van der Waals surface area contributed by atoms with Crippen molar-refractivity contribution in [3.8, 4) is 5.75 Å². The van der Waals surface area contributed by atoms with Gasteiger partial charge in [0, 0.05) is 5.02 Å². The van der Waals surface area contributed by atoms with E-state index in [1.807, 2.05) is 0 Å². The van der Waals surface area contributed by atoms with Crippen molar-refractivity contribution < 1.29 is 14.6 Å². The highest BCUT2D eigenvalue weighted by Gasteiger charge is 2.17. The predicted octanol–water partition coefficient (Wildman–Crippen LogP) is 3.61. The Morgan fingerprint density at radius 1 is 1.53 bits per heavy atom. The third kappa shape index (κ3) is 3.26. The smallest absolute Gasteiger partial charge is 0.344 e. The summed E-state index contributed by atoms with van der Waals surface area (Å²) in [5.41, 5.74) is 0. The fourth-order valence-electron chi connectivity index (χ4n) is 0.869. The van der Waals surface area contributed by atoms with Crippen molar-refractivity contribution in [1.29, 1.82) is 0 Å². The second kappa shape index (κ2) is 5.05. The molecule has 0 fully saturated rings. The van der Waals surface area contributed by atoms with Crippen LogP contribution in [-0.2, 0) is 4.79 Å². The summed E-state index contributed by atoms with van der Waals surface area (Å²) >= 11 is 14.8. The molecule has 0 radical (unpaired) electrons. The van der Waals surface area contributed by atoms with Gasteiger partial charge in [-0.1, -0.05) is 23.2 Å². The molecule has 15 heavy (non-hydrogen) atoms. The van der Waals surface area contributed by atoms with E-state index in [0.717, 1.165) is 0 Å². The van der Waals surface area contributed by atoms with E-state index in [-0.39, 0.29) is 10.8 Å². The Morgan fingerprint density at radius 2 is 2.13 bits per heavy atom. The van der Waals surface area contributed by atoms with Gasteiger partial charge in [0.25, 0.3) is 0 Å². The van der Waals surface area contributed by atoms with Gasteiger partial charge in [0.2, 0.25) is 0 Å². The third-order valence-corrected chi connectivity index (χ3v) is 2.69. The van der Waals surface area contributed by atoms with Gasteiger partial charge in [-0.05, 0) is 35.0 Å². The van der Waals surface area contributed by atoms with Crippen molar-refractivity contribution in [2.45, 2.75) is 13.0 Å². The van der Waals surface area contributed by atoms with E-state index in [4.69, 9.17) is 33.0 Å². The number of hydrogen-bond donors (Lipinski definition) is 1. The molecule has 3 nitrogen and oxygen atoms in total. The highest BCUT2D eigenvalue weighted by Crippen LogP contribution is 2.36. The average Bonchev–Trinajstić information content (AvgIpc) is 2.10. The molecule has 0 aliphatic rings. The normalized spacial score (nSPS) is 12.3. The minimum absolute atomic E-state index is 0.266. The molecule has 0 spiro atoms. The maximum absolute atomic E-state index is 10.6. The molecule has 0 bridgehead atoms. The molecule has 6 heteroatoms. The van der Waals surface area contributed by atoms with Crippen LogP contribution in [0.3, 0.4) is 0 Å². The van der Waals surface area contributed by atoms with Gasteiger partial charge in [0.05, 0.1) is 9.50 Å². The molecule has 0 heterocycles. The van der Waals surface area contributed by atoms with Crippen LogP contribution in [0.1, 0.15) is 6.92 Å². The maximum Gasteiger partial charge on any atom is 0.344 e. The summed E-state index contributed by atoms with van der Waals surface area (Å²) in [4.78, 5) is 10.6. The van der Waals surface area contributed by atoms with Gasteiger partial charge >= 0.3 is 5.97 Å². The first-order chi connectivity index (χ1) is 6.91. The van der Waals surface area contributed by atoms with Crippen LogP contribution < -0.4 is 4.74 Å². The average molecular weight is 314 g/mol. The van der Waals surface area contributed by atoms with E-state index in [1.165, 1.54) is 13.0 Å². The van der Waals surface area contributed by atoms with Crippen LogP contribution in [0, 0.1) is 0 Å². The van der Waals surface area contributed by atoms with Crippen molar-refractivity contribution in [2.75, 3.05) is 0 Å². The van der Waals surface area contributed by atoms with Crippen LogP contribution in [-0.4, -0.2) is 17.2 Å². The summed E-state index contributed by atoms with van der Waals surface area (Å²) < 4.78 is 5.68. The minimum atomic E-state index is -1.06. The van der Waals surface area contributed by atoms with E-state index in [1.54, 1.807) is 6.07 Å². The fraction of sp³-hybridized carbons (Fsp3) is 0.222. The van der Waals surface area contributed by atoms with Gasteiger partial charge < -0.3 is 9.84 Å². The second-order valence-electron chi connectivity index (χ2n) is 2.80. The Bertz CT molecular complexity index is 372. The molecule has 1 aromatic carbocycles. The zero-order chi connectivity index (χ0) is 11.6. The number of rotatable bonds is 3. The Labute approximate surface area is 105 Å². The number of carboxylic acids is 1. The van der Waals surface area contributed by atoms with Crippen molar-refractivity contribution in [3.05, 3.63) is 26.7 Å². The zero-order valence-corrected chi connectivity index (χ0v) is 10.7. The first-order valence-electron chi connectivity index (χ1n) is 3.96. The molecule has 0 saturated carbocycles. The Kier molecular flexibility index (Phi) is 4.25. The molecule has 1 unspecified atom stereocenters. The minimum Gasteiger partial charge on any atom is -0.479 e. The second-order valence-corrected chi connectivity index (χ2v) is 4.49. The standard InChI is InChI=1S/C9H7BrCl2O3/c1-4(9(13)14)15-8-6(10)2-5(11)3-7(8)12/h2-4H,1H3,(H,13,14). The van der Waals surface area contributed by atoms with Crippen LogP contribution >= 0.6 is 39.1 Å². The summed E-state index contributed by atoms with van der Waals surface area (Å²) in [6.45, 7) is 1.42. The van der Waals surface area contributed by atoms with Crippen molar-refractivity contribution in [1.82, 2.24) is 0 Å². The largest absolute Gasteiger partial charge is 0.479 e. The van der Waals surface area contributed by atoms with Gasteiger partial charge in [0.1, 0.15) is 0 Å². The number of carboxylic acid groups (broad SMARTS) is 1. The number of benzene rings is 1. The van der Waals surface area contributed by atoms with E-state index >= 15 is 0 Å². The fourth-order valence-corrected chi connectivity index (χ4v) is 2.21. The van der Waals surface area contributed by atoms with Gasteiger partial charge in [-0.15, -0.1) is 0 Å². The van der Waals surface area contributed by atoms with Crippen LogP contribution in [0.4, 0.5) is 0 Å². The summed E-state index contributed by atoms with van der Waals surface area (Å²) in [6, 6.07) is 3.06. The summed E-state index contributed by atoms with van der Waals surface area (Å²) in [6.07, 6.45) is -0.972. The topological polar surface area (TPSA) is 46.5 Å². The maximum atomic E-state index is 10.6. The third-order valence-electron chi connectivity index (χ3n) is 1.61. The van der Waals surface area contributed by atoms with Crippen molar-refractivity contribution in [2.24, 2.45) is 0 Å². The Morgan fingerprint density at radius 3 is 2.60 bits per heavy atom. The van der Waals surface area contributed by atoms with E-state index < -0.39 is 12.1 Å². The first-order valence-corrected chi connectivity index (χ1v) is 5.50. The number of ether oxygens (including phenoxy) is 1. The van der Waals surface area contributed by atoms with Crippen LogP contribution in [0.15, 0.2) is 16.6 Å². The molecule has 0 aliphatic heterocycles. The van der Waals surface area contributed by atoms with Crippen LogP contribution in [0.25, 0.3) is 0 Å².